The number of carbonyl (C=O) groups is 2. The maximum absolute atomic E-state index is 12.6. The largest absolute Gasteiger partial charge is 0.508 e. The molecule has 140 heavy (non-hydrogen) atoms. The first-order valence-electron chi connectivity index (χ1n) is 45.5. The maximum atomic E-state index is 12.6. The second-order valence-electron chi connectivity index (χ2n) is 35.7. The van der Waals surface area contributed by atoms with Gasteiger partial charge in [0.05, 0.1) is 56.3 Å². The standard InChI is InChI=1S/C34H35N5O2.C27H30N3O4P.C27H28N2O3.C25H23N3O4/c1-22-20-26(21-23(2)32(22)41-34(40)35-27-10-8-7-9-11-27)33-36-30(24-12-16-28(17-13-24)38(3)4)31(37-33)25-14-18-29(19-15-25)39(5)6;1-17-15-18(2)26(31)22(16-17)27-28-23(14-11-19-7-5-6-8-24(19)35(32,33)34)25(29-27)20-9-12-21(13-10-20)30(3)4;1-13-7-14(2)26(32)21(8-13)27-28-22(19-9-15(3)24(30)16(4)10-19)23(29-27)20-11-17(5)25(31)18(6)12-20;1-14-12-18(13-15(2)23(14)32-25(31)26-3)24-27-21(16-4-8-19(29)9-5-16)22(28-24)17-6-10-20(30)11-7-17/h7-21H,1-6H3,(H,35,40)(H,36,37);5-10,12-13,15-16,31H,11,14H2,1-4H3,(H,28,29)(H2,32,33,34);7-12,30-32H,1-6H3,(H,28,29);4-13,29-30H,1-3H3,(H,26,31)(H,27,28). The Morgan fingerprint density at radius 2 is 0.664 bits per heavy atom. The van der Waals surface area contributed by atoms with E-state index in [4.69, 9.17) is 29.4 Å². The van der Waals surface area contributed by atoms with E-state index in [0.717, 1.165) is 174 Å². The van der Waals surface area contributed by atoms with Gasteiger partial charge in [-0.15, -0.1) is 0 Å². The van der Waals surface area contributed by atoms with Crippen LogP contribution < -0.4 is 40.1 Å². The van der Waals surface area contributed by atoms with Gasteiger partial charge in [-0.3, -0.25) is 9.88 Å². The molecule has 716 valence electrons. The summed E-state index contributed by atoms with van der Waals surface area (Å²) in [6.45, 7) is 22.8. The van der Waals surface area contributed by atoms with Gasteiger partial charge in [0.1, 0.15) is 69.3 Å². The number of imidazole rings is 4. The highest BCUT2D eigenvalue weighted by Crippen LogP contribution is 2.45. The molecule has 0 atom stereocenters. The van der Waals surface area contributed by atoms with Crippen LogP contribution in [0.1, 0.15) is 78.0 Å². The van der Waals surface area contributed by atoms with Gasteiger partial charge in [0.25, 0.3) is 0 Å². The van der Waals surface area contributed by atoms with Crippen LogP contribution in [0.25, 0.3) is 124 Å². The molecule has 0 radical (unpaired) electrons. The summed E-state index contributed by atoms with van der Waals surface area (Å²) in [5.41, 5.74) is 30.4. The van der Waals surface area contributed by atoms with Gasteiger partial charge in [-0.05, 0) is 332 Å². The average Bonchev–Trinajstić information content (AvgIpc) is 1.65. The number of H-pyrrole nitrogens is 4. The van der Waals surface area contributed by atoms with Crippen LogP contribution >= 0.6 is 7.60 Å². The average molecular weight is 1900 g/mol. The Morgan fingerprint density at radius 1 is 0.336 bits per heavy atom. The highest BCUT2D eigenvalue weighted by Gasteiger charge is 2.28. The third-order valence-electron chi connectivity index (χ3n) is 24.1. The zero-order valence-electron chi connectivity index (χ0n) is 81.8. The zero-order chi connectivity index (χ0) is 101. The van der Waals surface area contributed by atoms with Crippen LogP contribution in [0, 0.1) is 83.1 Å². The lowest BCUT2D eigenvalue weighted by molar-refractivity contribution is 0.202. The second-order valence-corrected chi connectivity index (χ2v) is 37.3. The number of aromatic nitrogens is 8. The first kappa shape index (κ1) is 99.6. The molecule has 0 unspecified atom stereocenters. The van der Waals surface area contributed by atoms with Gasteiger partial charge in [-0.2, -0.15) is 0 Å². The van der Waals surface area contributed by atoms with Crippen LogP contribution in [0.2, 0.25) is 0 Å². The van der Waals surface area contributed by atoms with E-state index in [9.17, 15) is 54.6 Å². The minimum Gasteiger partial charge on any atom is -0.508 e. The fourth-order valence-corrected chi connectivity index (χ4v) is 17.7. The van der Waals surface area contributed by atoms with Gasteiger partial charge in [-0.25, -0.2) is 29.5 Å². The van der Waals surface area contributed by atoms with Gasteiger partial charge < -0.3 is 89.9 Å². The lowest BCUT2D eigenvalue weighted by Gasteiger charge is -2.13. The molecule has 0 saturated heterocycles. The molecule has 0 aliphatic carbocycles. The van der Waals surface area contributed by atoms with Crippen LogP contribution in [0.5, 0.6) is 46.0 Å². The summed E-state index contributed by atoms with van der Waals surface area (Å²) in [4.78, 5) is 83.5. The first-order valence-corrected chi connectivity index (χ1v) is 47.1. The fourth-order valence-electron chi connectivity index (χ4n) is 16.9. The molecular formula is C113H116N13O13P. The predicted octanol–water partition coefficient (Wildman–Crippen LogP) is 24.0. The molecular weight excluding hydrogens is 1780 g/mol. The molecule has 0 bridgehead atoms. The van der Waals surface area contributed by atoms with Gasteiger partial charge in [-0.1, -0.05) is 84.9 Å². The third-order valence-corrected chi connectivity index (χ3v) is 25.2. The van der Waals surface area contributed by atoms with E-state index in [-0.39, 0.29) is 39.8 Å². The van der Waals surface area contributed by atoms with Crippen LogP contribution in [0.4, 0.5) is 32.3 Å². The number of ether oxygens (including phenoxy) is 2. The number of aromatic amines is 4. The molecule has 26 nitrogen and oxygen atoms in total. The van der Waals surface area contributed by atoms with E-state index in [2.05, 4.69) is 88.9 Å². The van der Waals surface area contributed by atoms with Crippen molar-refractivity contribution in [3.05, 3.63) is 327 Å². The highest BCUT2D eigenvalue weighted by molar-refractivity contribution is 7.60. The Hall–Kier alpha value is -16.4. The number of hydrogen-bond acceptors (Lipinski definition) is 18. The Morgan fingerprint density at radius 3 is 1.09 bits per heavy atom. The molecule has 17 rings (SSSR count). The Labute approximate surface area is 814 Å². The number of para-hydroxylation sites is 1. The van der Waals surface area contributed by atoms with Crippen molar-refractivity contribution < 1.29 is 64.1 Å². The molecule has 0 aliphatic heterocycles. The molecule has 0 spiro atoms. The summed E-state index contributed by atoms with van der Waals surface area (Å²) in [5.74, 6) is 4.83. The zero-order valence-corrected chi connectivity index (χ0v) is 82.7. The molecule has 0 fully saturated rings. The minimum atomic E-state index is -4.39. The molecule has 14 N–H and O–H groups in total. The predicted molar refractivity (Wildman–Crippen MR) is 561 cm³/mol. The lowest BCUT2D eigenvalue weighted by atomic mass is 9.98. The maximum Gasteiger partial charge on any atom is 0.417 e. The van der Waals surface area contributed by atoms with Crippen molar-refractivity contribution in [2.24, 2.45) is 0 Å². The van der Waals surface area contributed by atoms with Crippen molar-refractivity contribution >= 4 is 47.8 Å². The van der Waals surface area contributed by atoms with Gasteiger partial charge in [0.2, 0.25) is 0 Å². The van der Waals surface area contributed by atoms with Crippen molar-refractivity contribution in [2.45, 2.75) is 95.9 Å². The third kappa shape index (κ3) is 22.9. The topological polar surface area (TPSA) is 380 Å². The fraction of sp³-hybridized carbons (Fsp3) is 0.186. The number of nitrogens with zero attached hydrogens (tertiary/aromatic N) is 7. The highest BCUT2D eigenvalue weighted by atomic mass is 31.2. The van der Waals surface area contributed by atoms with Crippen molar-refractivity contribution in [1.82, 2.24) is 45.2 Å². The smallest absolute Gasteiger partial charge is 0.417 e. The number of rotatable bonds is 21. The van der Waals surface area contributed by atoms with Crippen molar-refractivity contribution in [3.8, 4) is 170 Å². The van der Waals surface area contributed by atoms with E-state index < -0.39 is 19.8 Å². The van der Waals surface area contributed by atoms with E-state index in [0.29, 0.717) is 75.6 Å². The molecule has 2 amide bonds. The van der Waals surface area contributed by atoms with E-state index in [1.54, 1.807) is 54.6 Å². The van der Waals surface area contributed by atoms with Crippen LogP contribution in [0.3, 0.4) is 0 Å². The minimum absolute atomic E-state index is 0.0450. The SMILES string of the molecule is CNC(=O)Oc1c(C)cc(-c2nc(-c3ccc(O)cc3)c(-c3ccc(O)cc3)[nH]2)cc1C.Cc1cc(-c2nc(-c3ccc(N(C)C)cc3)c(-c3ccc(N(C)C)cc3)[nH]2)cc(C)c1OC(=O)Nc1ccccc1.Cc1cc(C)c(O)c(-c2nc(-c3cc(C)c(O)c(C)c3)c(-c3cc(C)c(O)c(C)c3)[nH]2)c1.Cc1cc(C)c(O)c(-c2nc(-c3ccc(N(C)C)cc3)c(CCc3ccccc3P(=O)(O)O)[nH]2)c1. The van der Waals surface area contributed by atoms with Gasteiger partial charge in [0.15, 0.2) is 0 Å². The monoisotopic (exact) mass is 1890 g/mol. The number of amides is 2. The number of carbonyl (C=O) groups excluding carboxylic acids is 2. The summed E-state index contributed by atoms with van der Waals surface area (Å²) in [5, 5.41) is 66.6. The Bertz CT molecular complexity index is 7170. The van der Waals surface area contributed by atoms with E-state index in [1.165, 1.54) is 13.1 Å². The molecule has 4 aromatic heterocycles. The summed E-state index contributed by atoms with van der Waals surface area (Å²) in [6.07, 6.45) is -0.142. The number of aromatic hydroxyl groups is 6. The number of nitrogens with one attached hydrogen (secondary N) is 6. The Kier molecular flexibility index (Phi) is 30.2. The molecule has 0 saturated carbocycles. The van der Waals surface area contributed by atoms with Crippen LogP contribution in [-0.2, 0) is 17.4 Å². The van der Waals surface area contributed by atoms with Gasteiger partial charge in [0, 0.05) is 128 Å². The van der Waals surface area contributed by atoms with Crippen molar-refractivity contribution in [2.75, 3.05) is 69.4 Å². The molecule has 17 aromatic rings. The summed E-state index contributed by atoms with van der Waals surface area (Å²) >= 11 is 0. The van der Waals surface area contributed by atoms with Crippen molar-refractivity contribution in [3.63, 3.8) is 0 Å². The molecule has 4 heterocycles. The van der Waals surface area contributed by atoms with Gasteiger partial charge >= 0.3 is 19.8 Å². The number of aryl methyl sites for hydroxylation is 14. The second kappa shape index (κ2) is 42.5. The first-order chi connectivity index (χ1) is 66.6. The summed E-state index contributed by atoms with van der Waals surface area (Å²) in [7, 11) is 9.21. The van der Waals surface area contributed by atoms with Crippen molar-refractivity contribution in [1.29, 1.82) is 0 Å². The van der Waals surface area contributed by atoms with E-state index in [1.807, 2.05) is 270 Å². The normalized spacial score (nSPS) is 11.1. The summed E-state index contributed by atoms with van der Waals surface area (Å²) in [6, 6.07) is 77.6. The number of benzene rings is 13. The Balaban J connectivity index is 0.000000149. The quantitative estimate of drug-likeness (QED) is 0.0297. The number of phenols is 6. The van der Waals surface area contributed by atoms with Crippen LogP contribution in [0.15, 0.2) is 249 Å². The number of anilines is 4. The lowest BCUT2D eigenvalue weighted by Crippen LogP contribution is -2.22. The van der Waals surface area contributed by atoms with Crippen LogP contribution in [-0.4, -0.2) is 142 Å². The van der Waals surface area contributed by atoms with E-state index >= 15 is 0 Å². The number of phenolic OH excluding ortho intramolecular Hbond substituents is 6. The molecule has 27 heteroatoms. The molecule has 13 aromatic carbocycles. The summed E-state index contributed by atoms with van der Waals surface area (Å²) < 4.78 is 23.1. The molecule has 0 aliphatic rings. The number of hydrogen-bond donors (Lipinski definition) is 14.